The van der Waals surface area contributed by atoms with Gasteiger partial charge >= 0.3 is 5.97 Å². The third kappa shape index (κ3) is 1.87. The molecule has 0 bridgehead atoms. The van der Waals surface area contributed by atoms with Gasteiger partial charge in [0.2, 0.25) is 0 Å². The largest absolute Gasteiger partial charge is 0.480 e. The van der Waals surface area contributed by atoms with Gasteiger partial charge in [-0.05, 0) is 24.3 Å². The Morgan fingerprint density at radius 2 is 2.33 bits per heavy atom. The lowest BCUT2D eigenvalue weighted by Crippen LogP contribution is -2.40. The highest BCUT2D eigenvalue weighted by Gasteiger charge is 2.34. The van der Waals surface area contributed by atoms with Gasteiger partial charge in [-0.3, -0.25) is 4.79 Å². The van der Waals surface area contributed by atoms with Crippen molar-refractivity contribution in [3.8, 4) is 0 Å². The zero-order valence-corrected chi connectivity index (χ0v) is 8.87. The van der Waals surface area contributed by atoms with E-state index in [-0.39, 0.29) is 5.91 Å². The summed E-state index contributed by atoms with van der Waals surface area (Å²) in [6.07, 6.45) is 1.33. The van der Waals surface area contributed by atoms with Gasteiger partial charge in [0.25, 0.3) is 5.91 Å². The summed E-state index contributed by atoms with van der Waals surface area (Å²) < 4.78 is 0. The number of carbonyl (C=O) groups excluding carboxylic acids is 1. The smallest absolute Gasteiger partial charge is 0.326 e. The molecule has 1 aliphatic rings. The van der Waals surface area contributed by atoms with Gasteiger partial charge < -0.3 is 10.0 Å². The van der Waals surface area contributed by atoms with E-state index in [2.05, 4.69) is 0 Å². The molecule has 80 valence electrons. The summed E-state index contributed by atoms with van der Waals surface area (Å²) in [4.78, 5) is 24.2. The van der Waals surface area contributed by atoms with Gasteiger partial charge in [-0.2, -0.15) is 11.3 Å². The van der Waals surface area contributed by atoms with Crippen molar-refractivity contribution in [3.05, 3.63) is 22.4 Å². The molecule has 1 amide bonds. The molecule has 2 heterocycles. The van der Waals surface area contributed by atoms with Crippen LogP contribution in [0.2, 0.25) is 0 Å². The normalized spacial score (nSPS) is 20.5. The number of hydrogen-bond acceptors (Lipinski definition) is 3. The molecule has 15 heavy (non-hydrogen) atoms. The number of nitrogens with zero attached hydrogens (tertiary/aromatic N) is 1. The lowest BCUT2D eigenvalue weighted by atomic mass is 10.2. The molecular weight excluding hydrogens is 214 g/mol. The van der Waals surface area contributed by atoms with Crippen molar-refractivity contribution in [2.45, 2.75) is 18.9 Å². The highest BCUT2D eigenvalue weighted by atomic mass is 32.1. The molecule has 0 saturated carbocycles. The van der Waals surface area contributed by atoms with Crippen LogP contribution in [-0.4, -0.2) is 34.5 Å². The number of aliphatic carboxylic acids is 1. The Balaban J connectivity index is 2.17. The predicted octanol–water partition coefficient (Wildman–Crippen LogP) is 1.44. The second kappa shape index (κ2) is 4.02. The van der Waals surface area contributed by atoms with Crippen molar-refractivity contribution in [1.29, 1.82) is 0 Å². The molecule has 0 aromatic carbocycles. The van der Waals surface area contributed by atoms with Crippen molar-refractivity contribution in [1.82, 2.24) is 4.90 Å². The second-order valence-electron chi connectivity index (χ2n) is 3.51. The molecule has 1 aromatic rings. The molecule has 1 N–H and O–H groups in total. The van der Waals surface area contributed by atoms with E-state index >= 15 is 0 Å². The average molecular weight is 225 g/mol. The Hall–Kier alpha value is -1.36. The third-order valence-electron chi connectivity index (χ3n) is 2.57. The summed E-state index contributed by atoms with van der Waals surface area (Å²) in [5, 5.41) is 12.5. The minimum absolute atomic E-state index is 0.166. The minimum atomic E-state index is -0.906. The highest BCUT2D eigenvalue weighted by Crippen LogP contribution is 2.21. The first-order valence-corrected chi connectivity index (χ1v) is 5.70. The standard InChI is InChI=1S/C10H11NO3S/c12-9(7-3-5-15-6-7)11-4-1-2-8(11)10(13)14/h3,5-6,8H,1-2,4H2,(H,13,14)/t8-/m1/s1. The highest BCUT2D eigenvalue weighted by molar-refractivity contribution is 7.08. The first kappa shape index (κ1) is 10.2. The second-order valence-corrected chi connectivity index (χ2v) is 4.29. The average Bonchev–Trinajstić information content (AvgIpc) is 2.88. The van der Waals surface area contributed by atoms with Crippen LogP contribution < -0.4 is 0 Å². The van der Waals surface area contributed by atoms with Gasteiger partial charge in [0.15, 0.2) is 0 Å². The van der Waals surface area contributed by atoms with E-state index in [1.165, 1.54) is 16.2 Å². The van der Waals surface area contributed by atoms with Crippen molar-refractivity contribution in [2.24, 2.45) is 0 Å². The van der Waals surface area contributed by atoms with Gasteiger partial charge in [0.1, 0.15) is 6.04 Å². The van der Waals surface area contributed by atoms with Crippen LogP contribution in [0.5, 0.6) is 0 Å². The van der Waals surface area contributed by atoms with E-state index < -0.39 is 12.0 Å². The quantitative estimate of drug-likeness (QED) is 0.828. The zero-order valence-electron chi connectivity index (χ0n) is 8.05. The minimum Gasteiger partial charge on any atom is -0.480 e. The number of rotatable bonds is 2. The maximum atomic E-state index is 11.9. The number of thiophene rings is 1. The van der Waals surface area contributed by atoms with Crippen LogP contribution in [0.1, 0.15) is 23.2 Å². The number of carboxylic acid groups (broad SMARTS) is 1. The van der Waals surface area contributed by atoms with Crippen molar-refractivity contribution < 1.29 is 14.7 Å². The Morgan fingerprint density at radius 1 is 1.53 bits per heavy atom. The van der Waals surface area contributed by atoms with Crippen LogP contribution in [0.4, 0.5) is 0 Å². The predicted molar refractivity (Wildman–Crippen MR) is 56.0 cm³/mol. The van der Waals surface area contributed by atoms with Gasteiger partial charge in [-0.25, -0.2) is 4.79 Å². The Kier molecular flexibility index (Phi) is 2.73. The Morgan fingerprint density at radius 3 is 2.93 bits per heavy atom. The number of carbonyl (C=O) groups is 2. The fourth-order valence-electron chi connectivity index (χ4n) is 1.82. The molecule has 4 nitrogen and oxygen atoms in total. The molecule has 0 spiro atoms. The number of likely N-dealkylation sites (tertiary alicyclic amines) is 1. The molecular formula is C10H11NO3S. The lowest BCUT2D eigenvalue weighted by molar-refractivity contribution is -0.141. The third-order valence-corrected chi connectivity index (χ3v) is 3.25. The summed E-state index contributed by atoms with van der Waals surface area (Å²) in [5.41, 5.74) is 0.591. The van der Waals surface area contributed by atoms with Crippen LogP contribution in [0.3, 0.4) is 0 Å². The SMILES string of the molecule is O=C(O)[C@H]1CCCN1C(=O)c1ccsc1. The van der Waals surface area contributed by atoms with Gasteiger partial charge in [0.05, 0.1) is 5.56 Å². The first-order valence-electron chi connectivity index (χ1n) is 4.76. The van der Waals surface area contributed by atoms with E-state index in [4.69, 9.17) is 5.11 Å². The number of amides is 1. The molecule has 1 aliphatic heterocycles. The summed E-state index contributed by atoms with van der Waals surface area (Å²) >= 11 is 1.44. The summed E-state index contributed by atoms with van der Waals surface area (Å²) in [6.45, 7) is 0.547. The van der Waals surface area contributed by atoms with E-state index in [1.807, 2.05) is 5.38 Å². The summed E-state index contributed by atoms with van der Waals surface area (Å²) in [5.74, 6) is -1.07. The van der Waals surface area contributed by atoms with Crippen molar-refractivity contribution in [2.75, 3.05) is 6.54 Å². The van der Waals surface area contributed by atoms with E-state index in [9.17, 15) is 9.59 Å². The van der Waals surface area contributed by atoms with E-state index in [0.29, 0.717) is 18.5 Å². The van der Waals surface area contributed by atoms with E-state index in [0.717, 1.165) is 6.42 Å². The van der Waals surface area contributed by atoms with Gasteiger partial charge in [-0.15, -0.1) is 0 Å². The molecule has 1 fully saturated rings. The van der Waals surface area contributed by atoms with Crippen LogP contribution in [0.25, 0.3) is 0 Å². The maximum absolute atomic E-state index is 11.9. The fourth-order valence-corrected chi connectivity index (χ4v) is 2.45. The van der Waals surface area contributed by atoms with Crippen LogP contribution >= 0.6 is 11.3 Å². The number of hydrogen-bond donors (Lipinski definition) is 1. The topological polar surface area (TPSA) is 57.6 Å². The lowest BCUT2D eigenvalue weighted by Gasteiger charge is -2.20. The van der Waals surface area contributed by atoms with Crippen LogP contribution in [-0.2, 0) is 4.79 Å². The fraction of sp³-hybridized carbons (Fsp3) is 0.400. The molecule has 5 heteroatoms. The van der Waals surface area contributed by atoms with Gasteiger partial charge in [-0.1, -0.05) is 0 Å². The Bertz CT molecular complexity index is 374. The van der Waals surface area contributed by atoms with Crippen molar-refractivity contribution >= 4 is 23.2 Å². The molecule has 1 atom stereocenters. The van der Waals surface area contributed by atoms with Gasteiger partial charge in [0, 0.05) is 11.9 Å². The maximum Gasteiger partial charge on any atom is 0.326 e. The number of carboxylic acids is 1. The zero-order chi connectivity index (χ0) is 10.8. The summed E-state index contributed by atoms with van der Waals surface area (Å²) in [7, 11) is 0. The van der Waals surface area contributed by atoms with Crippen LogP contribution in [0, 0.1) is 0 Å². The molecule has 0 radical (unpaired) electrons. The molecule has 1 aromatic heterocycles. The molecule has 1 saturated heterocycles. The first-order chi connectivity index (χ1) is 7.20. The van der Waals surface area contributed by atoms with E-state index in [1.54, 1.807) is 11.4 Å². The molecule has 0 aliphatic carbocycles. The molecule has 2 rings (SSSR count). The monoisotopic (exact) mass is 225 g/mol. The molecule has 0 unspecified atom stereocenters. The Labute approximate surface area is 91.1 Å². The van der Waals surface area contributed by atoms with Crippen LogP contribution in [0.15, 0.2) is 16.8 Å². The summed E-state index contributed by atoms with van der Waals surface area (Å²) in [6, 6.07) is 1.09. The van der Waals surface area contributed by atoms with Crippen molar-refractivity contribution in [3.63, 3.8) is 0 Å².